The minimum Gasteiger partial charge on any atom is -0.367 e. The van der Waals surface area contributed by atoms with Gasteiger partial charge in [-0.05, 0) is 24.9 Å². The molecule has 1 aliphatic heterocycles. The van der Waals surface area contributed by atoms with Crippen LogP contribution in [0.4, 0.5) is 0 Å². The van der Waals surface area contributed by atoms with E-state index in [1.807, 2.05) is 30.3 Å². The van der Waals surface area contributed by atoms with E-state index < -0.39 is 6.29 Å². The molecular formula is C12H17NO2. The van der Waals surface area contributed by atoms with Gasteiger partial charge in [0.2, 0.25) is 0 Å². The first-order chi connectivity index (χ1) is 7.36. The molecule has 2 rings (SSSR count). The Kier molecular flexibility index (Phi) is 3.72. The van der Waals surface area contributed by atoms with Gasteiger partial charge in [-0.3, -0.25) is 0 Å². The molecule has 1 aromatic rings. The standard InChI is InChI=1S/C12H17NO2/c14-12(11-7-4-8-13-11)15-9-10-5-2-1-3-6-10/h1-3,5-6,11-14H,4,7-9H2/t11-,12?/m0/s1. The lowest BCUT2D eigenvalue weighted by Crippen LogP contribution is -2.36. The molecule has 0 radical (unpaired) electrons. The third-order valence-corrected chi connectivity index (χ3v) is 2.71. The summed E-state index contributed by atoms with van der Waals surface area (Å²) < 4.78 is 5.40. The van der Waals surface area contributed by atoms with Crippen LogP contribution in [-0.4, -0.2) is 24.0 Å². The summed E-state index contributed by atoms with van der Waals surface area (Å²) in [7, 11) is 0. The molecule has 0 aromatic heterocycles. The molecule has 82 valence electrons. The van der Waals surface area contributed by atoms with Gasteiger partial charge in [0.15, 0.2) is 6.29 Å². The van der Waals surface area contributed by atoms with Crippen molar-refractivity contribution in [3.63, 3.8) is 0 Å². The number of ether oxygens (including phenoxy) is 1. The zero-order valence-electron chi connectivity index (χ0n) is 8.73. The monoisotopic (exact) mass is 207 g/mol. The highest BCUT2D eigenvalue weighted by Crippen LogP contribution is 2.12. The number of benzene rings is 1. The van der Waals surface area contributed by atoms with Crippen molar-refractivity contribution in [1.29, 1.82) is 0 Å². The molecule has 1 aromatic carbocycles. The van der Waals surface area contributed by atoms with Gasteiger partial charge in [-0.15, -0.1) is 0 Å². The fourth-order valence-electron chi connectivity index (χ4n) is 1.83. The van der Waals surface area contributed by atoms with E-state index in [9.17, 15) is 5.11 Å². The smallest absolute Gasteiger partial charge is 0.170 e. The van der Waals surface area contributed by atoms with Crippen LogP contribution < -0.4 is 5.32 Å². The summed E-state index contributed by atoms with van der Waals surface area (Å²) in [6.07, 6.45) is 1.43. The summed E-state index contributed by atoms with van der Waals surface area (Å²) >= 11 is 0. The average Bonchev–Trinajstić information content (AvgIpc) is 2.81. The fraction of sp³-hybridized carbons (Fsp3) is 0.500. The molecule has 3 heteroatoms. The van der Waals surface area contributed by atoms with Crippen LogP contribution in [0.25, 0.3) is 0 Å². The summed E-state index contributed by atoms with van der Waals surface area (Å²) in [4.78, 5) is 0. The third-order valence-electron chi connectivity index (χ3n) is 2.71. The predicted molar refractivity (Wildman–Crippen MR) is 58.3 cm³/mol. The van der Waals surface area contributed by atoms with Crippen molar-refractivity contribution < 1.29 is 9.84 Å². The lowest BCUT2D eigenvalue weighted by Gasteiger charge is -2.18. The quantitative estimate of drug-likeness (QED) is 0.731. The maximum absolute atomic E-state index is 9.73. The predicted octanol–water partition coefficient (Wildman–Crippen LogP) is 1.27. The minimum absolute atomic E-state index is 0.105. The van der Waals surface area contributed by atoms with E-state index in [1.54, 1.807) is 0 Å². The van der Waals surface area contributed by atoms with Crippen molar-refractivity contribution in [2.45, 2.75) is 31.8 Å². The van der Waals surface area contributed by atoms with Crippen LogP contribution in [0.1, 0.15) is 18.4 Å². The van der Waals surface area contributed by atoms with Gasteiger partial charge in [0, 0.05) is 0 Å². The topological polar surface area (TPSA) is 41.5 Å². The van der Waals surface area contributed by atoms with Gasteiger partial charge in [0.1, 0.15) is 0 Å². The van der Waals surface area contributed by atoms with E-state index >= 15 is 0 Å². The van der Waals surface area contributed by atoms with Crippen LogP contribution >= 0.6 is 0 Å². The Morgan fingerprint density at radius 3 is 2.87 bits per heavy atom. The Balaban J connectivity index is 1.77. The number of hydrogen-bond donors (Lipinski definition) is 2. The molecule has 2 N–H and O–H groups in total. The average molecular weight is 207 g/mol. The molecule has 0 aliphatic carbocycles. The second kappa shape index (κ2) is 5.26. The molecule has 15 heavy (non-hydrogen) atoms. The Bertz CT molecular complexity index is 283. The van der Waals surface area contributed by atoms with Crippen LogP contribution in [-0.2, 0) is 11.3 Å². The molecule has 2 atom stereocenters. The van der Waals surface area contributed by atoms with Crippen LogP contribution in [0, 0.1) is 0 Å². The molecule has 1 unspecified atom stereocenters. The first-order valence-electron chi connectivity index (χ1n) is 5.43. The van der Waals surface area contributed by atoms with Gasteiger partial charge in [-0.2, -0.15) is 0 Å². The van der Waals surface area contributed by atoms with Crippen LogP contribution in [0.15, 0.2) is 30.3 Å². The summed E-state index contributed by atoms with van der Waals surface area (Å²) in [6, 6.07) is 10.0. The van der Waals surface area contributed by atoms with Crippen molar-refractivity contribution >= 4 is 0 Å². The molecule has 0 bridgehead atoms. The van der Waals surface area contributed by atoms with Gasteiger partial charge in [-0.25, -0.2) is 0 Å². The molecule has 1 heterocycles. The first kappa shape index (κ1) is 10.6. The second-order valence-corrected chi connectivity index (χ2v) is 3.89. The number of aliphatic hydroxyl groups is 1. The van der Waals surface area contributed by atoms with Crippen molar-refractivity contribution in [3.8, 4) is 0 Å². The van der Waals surface area contributed by atoms with E-state index in [4.69, 9.17) is 4.74 Å². The molecule has 0 spiro atoms. The molecule has 1 aliphatic rings. The number of rotatable bonds is 4. The van der Waals surface area contributed by atoms with E-state index in [0.717, 1.165) is 24.9 Å². The molecule has 3 nitrogen and oxygen atoms in total. The third kappa shape index (κ3) is 3.02. The Morgan fingerprint density at radius 1 is 1.40 bits per heavy atom. The molecular weight excluding hydrogens is 190 g/mol. The Hall–Kier alpha value is -0.900. The molecule has 1 saturated heterocycles. The van der Waals surface area contributed by atoms with Gasteiger partial charge in [0.05, 0.1) is 12.6 Å². The van der Waals surface area contributed by atoms with Crippen molar-refractivity contribution in [3.05, 3.63) is 35.9 Å². The van der Waals surface area contributed by atoms with Gasteiger partial charge in [-0.1, -0.05) is 30.3 Å². The fourth-order valence-corrected chi connectivity index (χ4v) is 1.83. The first-order valence-corrected chi connectivity index (χ1v) is 5.43. The lowest BCUT2D eigenvalue weighted by atomic mass is 10.2. The minimum atomic E-state index is -0.687. The number of hydrogen-bond acceptors (Lipinski definition) is 3. The van der Waals surface area contributed by atoms with Crippen LogP contribution in [0.3, 0.4) is 0 Å². The largest absolute Gasteiger partial charge is 0.367 e. The maximum Gasteiger partial charge on any atom is 0.170 e. The van der Waals surface area contributed by atoms with Crippen molar-refractivity contribution in [2.75, 3.05) is 6.54 Å². The number of aliphatic hydroxyl groups excluding tert-OH is 1. The van der Waals surface area contributed by atoms with Crippen molar-refractivity contribution in [1.82, 2.24) is 5.32 Å². The number of nitrogens with one attached hydrogen (secondary N) is 1. The zero-order chi connectivity index (χ0) is 10.5. The van der Waals surface area contributed by atoms with E-state index in [-0.39, 0.29) is 6.04 Å². The van der Waals surface area contributed by atoms with Crippen LogP contribution in [0.5, 0.6) is 0 Å². The van der Waals surface area contributed by atoms with E-state index in [2.05, 4.69) is 5.32 Å². The summed E-state index contributed by atoms with van der Waals surface area (Å²) in [6.45, 7) is 1.45. The maximum atomic E-state index is 9.73. The molecule has 0 amide bonds. The normalized spacial score (nSPS) is 22.9. The zero-order valence-corrected chi connectivity index (χ0v) is 8.73. The molecule has 0 saturated carbocycles. The van der Waals surface area contributed by atoms with E-state index in [0.29, 0.717) is 6.61 Å². The summed E-state index contributed by atoms with van der Waals surface area (Å²) in [5.74, 6) is 0. The van der Waals surface area contributed by atoms with Gasteiger partial charge in [0.25, 0.3) is 0 Å². The van der Waals surface area contributed by atoms with E-state index in [1.165, 1.54) is 0 Å². The second-order valence-electron chi connectivity index (χ2n) is 3.89. The summed E-state index contributed by atoms with van der Waals surface area (Å²) in [5, 5.41) is 12.9. The van der Waals surface area contributed by atoms with Crippen LogP contribution in [0.2, 0.25) is 0 Å². The van der Waals surface area contributed by atoms with Gasteiger partial charge >= 0.3 is 0 Å². The molecule has 1 fully saturated rings. The summed E-state index contributed by atoms with van der Waals surface area (Å²) in [5.41, 5.74) is 1.09. The SMILES string of the molecule is OC(OCc1ccccc1)[C@@H]1CCCN1. The Morgan fingerprint density at radius 2 is 2.20 bits per heavy atom. The lowest BCUT2D eigenvalue weighted by molar-refractivity contribution is -0.125. The Labute approximate surface area is 90.1 Å². The van der Waals surface area contributed by atoms with Crippen molar-refractivity contribution in [2.24, 2.45) is 0 Å². The highest BCUT2D eigenvalue weighted by Gasteiger charge is 2.22. The highest BCUT2D eigenvalue weighted by molar-refractivity contribution is 5.13. The highest BCUT2D eigenvalue weighted by atomic mass is 16.6. The van der Waals surface area contributed by atoms with Gasteiger partial charge < -0.3 is 15.2 Å².